The lowest BCUT2D eigenvalue weighted by Crippen LogP contribution is -2.52. The molecule has 0 atom stereocenters. The maximum Gasteiger partial charge on any atom is 0.252 e. The molecule has 0 aliphatic heterocycles. The van der Waals surface area contributed by atoms with Crippen LogP contribution >= 0.6 is 11.3 Å². The molecule has 1 heterocycles. The van der Waals surface area contributed by atoms with Crippen molar-refractivity contribution in [1.29, 1.82) is 0 Å². The van der Waals surface area contributed by atoms with Gasteiger partial charge in [-0.25, -0.2) is 8.42 Å². The van der Waals surface area contributed by atoms with E-state index in [0.717, 1.165) is 22.1 Å². The number of amides is 1. The quantitative estimate of drug-likeness (QED) is 0.823. The van der Waals surface area contributed by atoms with E-state index in [0.29, 0.717) is 6.54 Å². The predicted molar refractivity (Wildman–Crippen MR) is 97.7 cm³/mol. The standard InChI is InChI=1S/C18H26N2O3S2/c1-20(25(22,23)17-3-2-4-24-17)11-16(21)19-12-18-8-13-5-14(9-18)7-15(6-13)10-18/h2-4,13-15H,5-12H2,1H3,(H,19,21). The van der Waals surface area contributed by atoms with E-state index in [9.17, 15) is 13.2 Å². The molecule has 25 heavy (non-hydrogen) atoms. The van der Waals surface area contributed by atoms with Crippen molar-refractivity contribution in [3.8, 4) is 0 Å². The Balaban J connectivity index is 1.34. The number of nitrogens with zero attached hydrogens (tertiary/aromatic N) is 1. The Morgan fingerprint density at radius 2 is 1.84 bits per heavy atom. The molecule has 4 aliphatic carbocycles. The third-order valence-electron chi connectivity index (χ3n) is 6.35. The number of thiophene rings is 1. The molecular formula is C18H26N2O3S2. The highest BCUT2D eigenvalue weighted by molar-refractivity contribution is 7.91. The first kappa shape index (κ1) is 17.5. The maximum atomic E-state index is 12.4. The number of carbonyl (C=O) groups excluding carboxylic acids is 1. The average molecular weight is 383 g/mol. The Kier molecular flexibility index (Phi) is 4.45. The molecule has 4 fully saturated rings. The number of nitrogens with one attached hydrogen (secondary N) is 1. The van der Waals surface area contributed by atoms with Gasteiger partial charge in [-0.05, 0) is 73.1 Å². The van der Waals surface area contributed by atoms with Crippen molar-refractivity contribution < 1.29 is 13.2 Å². The highest BCUT2D eigenvalue weighted by Crippen LogP contribution is 2.59. The molecule has 1 amide bonds. The van der Waals surface area contributed by atoms with E-state index in [-0.39, 0.29) is 22.1 Å². The summed E-state index contributed by atoms with van der Waals surface area (Å²) < 4.78 is 26.3. The minimum absolute atomic E-state index is 0.118. The zero-order valence-corrected chi connectivity index (χ0v) is 16.2. The summed E-state index contributed by atoms with van der Waals surface area (Å²) in [5.74, 6) is 2.36. The summed E-state index contributed by atoms with van der Waals surface area (Å²) in [6.07, 6.45) is 7.87. The van der Waals surface area contributed by atoms with Crippen molar-refractivity contribution in [3.63, 3.8) is 0 Å². The van der Waals surface area contributed by atoms with Gasteiger partial charge in [0.25, 0.3) is 10.0 Å². The molecule has 1 N–H and O–H groups in total. The summed E-state index contributed by atoms with van der Waals surface area (Å²) in [7, 11) is -2.09. The monoisotopic (exact) mass is 382 g/mol. The smallest absolute Gasteiger partial charge is 0.252 e. The van der Waals surface area contributed by atoms with Crippen molar-refractivity contribution in [2.24, 2.45) is 23.2 Å². The SMILES string of the molecule is CN(CC(=O)NCC12CC3CC(CC(C3)C1)C2)S(=O)(=O)c1cccs1. The molecule has 1 aromatic heterocycles. The molecule has 0 radical (unpaired) electrons. The van der Waals surface area contributed by atoms with E-state index in [2.05, 4.69) is 5.32 Å². The van der Waals surface area contributed by atoms with Crippen LogP contribution in [0.1, 0.15) is 38.5 Å². The van der Waals surface area contributed by atoms with Crippen LogP contribution in [0.25, 0.3) is 0 Å². The van der Waals surface area contributed by atoms with E-state index in [1.54, 1.807) is 17.5 Å². The van der Waals surface area contributed by atoms with Gasteiger partial charge in [0, 0.05) is 13.6 Å². The van der Waals surface area contributed by atoms with Crippen LogP contribution in [0.2, 0.25) is 0 Å². The summed E-state index contributed by atoms with van der Waals surface area (Å²) in [6, 6.07) is 3.28. The van der Waals surface area contributed by atoms with Gasteiger partial charge in [0.15, 0.2) is 0 Å². The van der Waals surface area contributed by atoms with Gasteiger partial charge in [-0.1, -0.05) is 6.07 Å². The van der Waals surface area contributed by atoms with Gasteiger partial charge in [-0.15, -0.1) is 11.3 Å². The van der Waals surface area contributed by atoms with Crippen LogP contribution in [-0.4, -0.2) is 38.8 Å². The summed E-state index contributed by atoms with van der Waals surface area (Å²) in [5.41, 5.74) is 0.273. The molecule has 5 nitrogen and oxygen atoms in total. The van der Waals surface area contributed by atoms with Crippen molar-refractivity contribution in [1.82, 2.24) is 9.62 Å². The minimum atomic E-state index is -3.56. The van der Waals surface area contributed by atoms with Gasteiger partial charge in [-0.2, -0.15) is 4.31 Å². The lowest BCUT2D eigenvalue weighted by Gasteiger charge is -2.56. The molecule has 1 aromatic rings. The number of likely N-dealkylation sites (N-methyl/N-ethyl adjacent to an activating group) is 1. The van der Waals surface area contributed by atoms with Crippen LogP contribution in [0.15, 0.2) is 21.7 Å². The fourth-order valence-corrected chi connectivity index (χ4v) is 8.03. The third-order valence-corrected chi connectivity index (χ3v) is 9.53. The van der Waals surface area contributed by atoms with E-state index in [4.69, 9.17) is 0 Å². The second kappa shape index (κ2) is 6.35. The molecule has 0 aromatic carbocycles. The Morgan fingerprint density at radius 1 is 1.24 bits per heavy atom. The molecule has 4 bridgehead atoms. The molecule has 0 unspecified atom stereocenters. The first-order chi connectivity index (χ1) is 11.9. The summed E-state index contributed by atoms with van der Waals surface area (Å²) >= 11 is 1.18. The Bertz CT molecular complexity index is 707. The molecular weight excluding hydrogens is 356 g/mol. The van der Waals surface area contributed by atoms with Gasteiger partial charge in [-0.3, -0.25) is 4.79 Å². The summed E-state index contributed by atoms with van der Waals surface area (Å²) in [6.45, 7) is 0.592. The normalized spacial score (nSPS) is 33.8. The number of carbonyl (C=O) groups is 1. The Labute approximate surface area is 153 Å². The van der Waals surface area contributed by atoms with Crippen LogP contribution in [0.3, 0.4) is 0 Å². The van der Waals surface area contributed by atoms with Crippen LogP contribution < -0.4 is 5.32 Å². The van der Waals surface area contributed by atoms with Crippen LogP contribution in [0, 0.1) is 23.2 Å². The van der Waals surface area contributed by atoms with Gasteiger partial charge in [0.1, 0.15) is 4.21 Å². The number of sulfonamides is 1. The molecule has 5 rings (SSSR count). The molecule has 0 saturated heterocycles. The lowest BCUT2D eigenvalue weighted by molar-refractivity contribution is -0.123. The van der Waals surface area contributed by atoms with Crippen molar-refractivity contribution in [3.05, 3.63) is 17.5 Å². The van der Waals surface area contributed by atoms with E-state index >= 15 is 0 Å². The maximum absolute atomic E-state index is 12.4. The topological polar surface area (TPSA) is 66.5 Å². The first-order valence-corrected chi connectivity index (χ1v) is 11.4. The summed E-state index contributed by atoms with van der Waals surface area (Å²) in [4.78, 5) is 12.3. The molecule has 7 heteroatoms. The van der Waals surface area contributed by atoms with Crippen LogP contribution in [0.4, 0.5) is 0 Å². The van der Waals surface area contributed by atoms with Gasteiger partial charge in [0.2, 0.25) is 5.91 Å². The predicted octanol–water partition coefficient (Wildman–Crippen LogP) is 2.70. The van der Waals surface area contributed by atoms with Crippen molar-refractivity contribution >= 4 is 27.3 Å². The van der Waals surface area contributed by atoms with Crippen molar-refractivity contribution in [2.45, 2.75) is 42.7 Å². The second-order valence-electron chi connectivity index (χ2n) is 8.39. The van der Waals surface area contributed by atoms with Gasteiger partial charge in [0.05, 0.1) is 6.54 Å². The van der Waals surface area contributed by atoms with Gasteiger partial charge >= 0.3 is 0 Å². The highest BCUT2D eigenvalue weighted by Gasteiger charge is 2.50. The fraction of sp³-hybridized carbons (Fsp3) is 0.722. The number of rotatable bonds is 6. The number of hydrogen-bond donors (Lipinski definition) is 1. The lowest BCUT2D eigenvalue weighted by atomic mass is 9.49. The van der Waals surface area contributed by atoms with E-state index < -0.39 is 10.0 Å². The Hall–Kier alpha value is -0.920. The average Bonchev–Trinajstić information content (AvgIpc) is 3.07. The Morgan fingerprint density at radius 3 is 2.36 bits per heavy atom. The highest BCUT2D eigenvalue weighted by atomic mass is 32.2. The molecule has 4 saturated carbocycles. The van der Waals surface area contributed by atoms with Crippen LogP contribution in [0.5, 0.6) is 0 Å². The first-order valence-electron chi connectivity index (χ1n) is 9.13. The number of hydrogen-bond acceptors (Lipinski definition) is 4. The van der Waals surface area contributed by atoms with Gasteiger partial charge < -0.3 is 5.32 Å². The zero-order valence-electron chi connectivity index (χ0n) is 14.6. The fourth-order valence-electron chi connectivity index (χ4n) is 5.70. The molecule has 138 valence electrons. The largest absolute Gasteiger partial charge is 0.354 e. The minimum Gasteiger partial charge on any atom is -0.354 e. The van der Waals surface area contributed by atoms with Crippen molar-refractivity contribution in [2.75, 3.05) is 20.1 Å². The summed E-state index contributed by atoms with van der Waals surface area (Å²) in [5, 5.41) is 4.78. The third kappa shape index (κ3) is 3.38. The van der Waals surface area contributed by atoms with Crippen LogP contribution in [-0.2, 0) is 14.8 Å². The zero-order chi connectivity index (χ0) is 17.7. The van der Waals surface area contributed by atoms with E-state index in [1.807, 2.05) is 0 Å². The molecule has 4 aliphatic rings. The van der Waals surface area contributed by atoms with E-state index in [1.165, 1.54) is 56.9 Å². The molecule has 0 spiro atoms. The second-order valence-corrected chi connectivity index (χ2v) is 11.6.